The lowest BCUT2D eigenvalue weighted by molar-refractivity contribution is 0.0690. The molecule has 2 saturated heterocycles. The van der Waals surface area contributed by atoms with Gasteiger partial charge in [-0.1, -0.05) is 28.0 Å². The number of nitrogens with zero attached hydrogens (tertiary/aromatic N) is 3. The summed E-state index contributed by atoms with van der Waals surface area (Å²) in [6, 6.07) is 2.15. The largest absolute Gasteiger partial charge is 0.381 e. The predicted octanol–water partition coefficient (Wildman–Crippen LogP) is 5.00. The maximum absolute atomic E-state index is 5.44. The lowest BCUT2D eigenvalue weighted by Gasteiger charge is -2.25. The number of aliphatic imine (C=N–C) groups is 1. The van der Waals surface area contributed by atoms with Gasteiger partial charge >= 0.3 is 0 Å². The molecule has 0 N–H and O–H groups in total. The fourth-order valence-electron chi connectivity index (χ4n) is 4.43. The molecule has 0 aromatic carbocycles. The Morgan fingerprint density at radius 1 is 1.31 bits per heavy atom. The molecule has 0 spiro atoms. The zero-order valence-electron chi connectivity index (χ0n) is 17.5. The minimum Gasteiger partial charge on any atom is -0.381 e. The second-order valence-corrected chi connectivity index (χ2v) is 8.81. The van der Waals surface area contributed by atoms with Gasteiger partial charge in [-0.05, 0) is 67.7 Å². The third kappa shape index (κ3) is 4.70. The molecule has 1 aromatic heterocycles. The van der Waals surface area contributed by atoms with Crippen molar-refractivity contribution in [1.82, 2.24) is 4.98 Å². The normalized spacial score (nSPS) is 20.3. The highest BCUT2D eigenvalue weighted by Crippen LogP contribution is 2.37. The number of fused-ring (bicyclic) bond motifs is 1. The molecule has 29 heavy (non-hydrogen) atoms. The maximum atomic E-state index is 5.44. The van der Waals surface area contributed by atoms with Crippen molar-refractivity contribution in [2.24, 2.45) is 10.9 Å². The van der Waals surface area contributed by atoms with E-state index in [0.717, 1.165) is 75.1 Å². The van der Waals surface area contributed by atoms with E-state index in [0.29, 0.717) is 5.92 Å². The molecule has 0 saturated carbocycles. The van der Waals surface area contributed by atoms with Crippen LogP contribution in [-0.2, 0) is 11.2 Å². The van der Waals surface area contributed by atoms with Crippen molar-refractivity contribution < 1.29 is 4.74 Å². The predicted molar refractivity (Wildman–Crippen MR) is 125 cm³/mol. The Morgan fingerprint density at radius 2 is 2.10 bits per heavy atom. The van der Waals surface area contributed by atoms with E-state index in [1.807, 2.05) is 6.20 Å². The smallest absolute Gasteiger partial charge is 0.0543 e. The fourth-order valence-corrected chi connectivity index (χ4v) is 4.64. The molecule has 3 aliphatic rings. The molecule has 1 unspecified atom stereocenters. The molecule has 0 bridgehead atoms. The Labute approximate surface area is 177 Å². The van der Waals surface area contributed by atoms with Crippen LogP contribution in [0.5, 0.6) is 0 Å². The summed E-state index contributed by atoms with van der Waals surface area (Å²) in [5.41, 5.74) is 8.55. The monoisotopic (exact) mass is 409 g/mol. The van der Waals surface area contributed by atoms with Crippen LogP contribution < -0.4 is 4.90 Å². The number of ether oxygens (including phenoxy) is 1. The summed E-state index contributed by atoms with van der Waals surface area (Å²) in [5, 5.41) is 0. The lowest BCUT2D eigenvalue weighted by atomic mass is 10.0. The van der Waals surface area contributed by atoms with Crippen molar-refractivity contribution in [3.8, 4) is 0 Å². The first-order chi connectivity index (χ1) is 14.1. The highest BCUT2D eigenvalue weighted by molar-refractivity contribution is 7.42. The second kappa shape index (κ2) is 9.36. The summed E-state index contributed by atoms with van der Waals surface area (Å²) in [5.74, 6) is 0.636. The first kappa shape index (κ1) is 20.5. The SMILES string of the molecule is C=C(Cc1nccc(N2CCC3=CCCC=C32)c1C)C(P)=NCC1CCOCC1. The number of rotatable bonds is 6. The van der Waals surface area contributed by atoms with Crippen LogP contribution in [0.25, 0.3) is 0 Å². The Bertz CT molecular complexity index is 865. The van der Waals surface area contributed by atoms with Gasteiger partial charge in [0.1, 0.15) is 0 Å². The van der Waals surface area contributed by atoms with Crippen molar-refractivity contribution in [1.29, 1.82) is 0 Å². The van der Waals surface area contributed by atoms with Crippen molar-refractivity contribution >= 4 is 20.4 Å². The lowest BCUT2D eigenvalue weighted by Crippen LogP contribution is -2.19. The van der Waals surface area contributed by atoms with Crippen LogP contribution in [0.1, 0.15) is 43.4 Å². The van der Waals surface area contributed by atoms with Crippen molar-refractivity contribution in [2.75, 3.05) is 31.2 Å². The molecule has 0 amide bonds. The summed E-state index contributed by atoms with van der Waals surface area (Å²) in [6.07, 6.45) is 13.2. The van der Waals surface area contributed by atoms with Crippen LogP contribution in [0.15, 0.2) is 52.8 Å². The minimum absolute atomic E-state index is 0.636. The van der Waals surface area contributed by atoms with E-state index in [2.05, 4.69) is 50.8 Å². The first-order valence-corrected chi connectivity index (χ1v) is 11.4. The number of hydrogen-bond donors (Lipinski definition) is 0. The van der Waals surface area contributed by atoms with Crippen molar-refractivity contribution in [3.63, 3.8) is 0 Å². The summed E-state index contributed by atoms with van der Waals surface area (Å²) >= 11 is 0. The van der Waals surface area contributed by atoms with E-state index in [-0.39, 0.29) is 0 Å². The van der Waals surface area contributed by atoms with Crippen LogP contribution in [-0.4, -0.2) is 36.7 Å². The number of aromatic nitrogens is 1. The molecule has 3 heterocycles. The fraction of sp³-hybridized carbons (Fsp3) is 0.500. The zero-order valence-corrected chi connectivity index (χ0v) is 18.6. The first-order valence-electron chi connectivity index (χ1n) is 10.8. The number of allylic oxidation sites excluding steroid dienone is 4. The molecule has 1 aliphatic carbocycles. The van der Waals surface area contributed by atoms with Gasteiger partial charge in [-0.3, -0.25) is 9.98 Å². The van der Waals surface area contributed by atoms with Crippen LogP contribution >= 0.6 is 9.24 Å². The van der Waals surface area contributed by atoms with Gasteiger partial charge in [0.25, 0.3) is 0 Å². The Kier molecular flexibility index (Phi) is 6.62. The molecule has 154 valence electrons. The summed E-state index contributed by atoms with van der Waals surface area (Å²) < 4.78 is 5.44. The number of anilines is 1. The quantitative estimate of drug-likeness (QED) is 0.490. The molecule has 1 aromatic rings. The molecule has 4 nitrogen and oxygen atoms in total. The van der Waals surface area contributed by atoms with Crippen molar-refractivity contribution in [2.45, 2.75) is 45.4 Å². The van der Waals surface area contributed by atoms with E-state index in [9.17, 15) is 0 Å². The zero-order chi connectivity index (χ0) is 20.2. The van der Waals surface area contributed by atoms with Crippen LogP contribution in [0.4, 0.5) is 5.69 Å². The molecular formula is C24H32N3OP. The molecule has 2 aliphatic heterocycles. The standard InChI is InChI=1S/C24H32N3OP/c1-17(24(29)26-16-19-9-13-28-14-10-19)15-21-18(2)22(7-11-25-21)27-12-8-20-5-3-4-6-23(20)27/h5-7,11,19H,1,3-4,8-10,12-16,29H2,2H3. The third-order valence-corrected chi connectivity index (χ3v) is 6.88. The topological polar surface area (TPSA) is 37.7 Å². The van der Waals surface area contributed by atoms with Gasteiger partial charge in [-0.15, -0.1) is 0 Å². The number of hydrogen-bond acceptors (Lipinski definition) is 4. The molecule has 0 radical (unpaired) electrons. The van der Waals surface area contributed by atoms with Gasteiger partial charge in [-0.25, -0.2) is 0 Å². The van der Waals surface area contributed by atoms with E-state index < -0.39 is 0 Å². The third-order valence-electron chi connectivity index (χ3n) is 6.29. The average Bonchev–Trinajstić information content (AvgIpc) is 3.18. The van der Waals surface area contributed by atoms with E-state index in [4.69, 9.17) is 9.73 Å². The average molecular weight is 410 g/mol. The van der Waals surface area contributed by atoms with Crippen molar-refractivity contribution in [3.05, 3.63) is 59.1 Å². The van der Waals surface area contributed by atoms with Crippen LogP contribution in [0.2, 0.25) is 0 Å². The van der Waals surface area contributed by atoms with E-state index in [1.165, 1.54) is 28.9 Å². The molecule has 4 rings (SSSR count). The molecule has 5 heteroatoms. The van der Waals surface area contributed by atoms with Gasteiger partial charge in [0, 0.05) is 56.0 Å². The number of pyridine rings is 1. The van der Waals surface area contributed by atoms with Gasteiger partial charge in [0.05, 0.1) is 5.45 Å². The molecule has 1 atom stereocenters. The highest BCUT2D eigenvalue weighted by atomic mass is 31.0. The summed E-state index contributed by atoms with van der Waals surface area (Å²) in [6.45, 7) is 10.2. The second-order valence-electron chi connectivity index (χ2n) is 8.26. The van der Waals surface area contributed by atoms with Gasteiger partial charge in [0.2, 0.25) is 0 Å². The van der Waals surface area contributed by atoms with E-state index >= 15 is 0 Å². The highest BCUT2D eigenvalue weighted by Gasteiger charge is 2.26. The van der Waals surface area contributed by atoms with Gasteiger partial charge < -0.3 is 9.64 Å². The molecular weight excluding hydrogens is 377 g/mol. The van der Waals surface area contributed by atoms with Crippen LogP contribution in [0.3, 0.4) is 0 Å². The Balaban J connectivity index is 1.45. The van der Waals surface area contributed by atoms with Crippen LogP contribution in [0, 0.1) is 12.8 Å². The van der Waals surface area contributed by atoms with Gasteiger partial charge in [0.15, 0.2) is 0 Å². The van der Waals surface area contributed by atoms with Gasteiger partial charge in [-0.2, -0.15) is 0 Å². The summed E-state index contributed by atoms with van der Waals surface area (Å²) in [4.78, 5) is 11.9. The summed E-state index contributed by atoms with van der Waals surface area (Å²) in [7, 11) is 2.78. The van der Waals surface area contributed by atoms with E-state index in [1.54, 1.807) is 0 Å². The Morgan fingerprint density at radius 3 is 2.93 bits per heavy atom. The Hall–Kier alpha value is -1.77. The molecule has 2 fully saturated rings. The minimum atomic E-state index is 0.636. The maximum Gasteiger partial charge on any atom is 0.0543 e.